The minimum Gasteiger partial charge on any atom is -0.497 e. The van der Waals surface area contributed by atoms with Crippen molar-refractivity contribution in [1.82, 2.24) is 20.1 Å². The fourth-order valence-electron chi connectivity index (χ4n) is 8.11. The zero-order chi connectivity index (χ0) is 40.4. The van der Waals surface area contributed by atoms with E-state index in [-0.39, 0.29) is 32.4 Å². The zero-order valence-electron chi connectivity index (χ0n) is 32.9. The number of carbonyl (C=O) groups is 5. The molecule has 2 aliphatic heterocycles. The van der Waals surface area contributed by atoms with Crippen LogP contribution in [0.2, 0.25) is 0 Å². The molecule has 3 N–H and O–H groups in total. The van der Waals surface area contributed by atoms with Crippen molar-refractivity contribution < 1.29 is 38.2 Å². The predicted octanol–water partition coefficient (Wildman–Crippen LogP) is 4.80. The number of primary amides is 1. The predicted molar refractivity (Wildman–Crippen MR) is 210 cm³/mol. The minimum absolute atomic E-state index is 0.0413. The zero-order valence-corrected chi connectivity index (χ0v) is 32.9. The first-order valence-corrected chi connectivity index (χ1v) is 19.4. The van der Waals surface area contributed by atoms with E-state index in [0.29, 0.717) is 42.1 Å². The lowest BCUT2D eigenvalue weighted by Crippen LogP contribution is -2.60. The molecule has 298 valence electrons. The summed E-state index contributed by atoms with van der Waals surface area (Å²) in [5.74, 6) is -3.33. The van der Waals surface area contributed by atoms with Crippen LogP contribution in [0, 0.1) is 17.3 Å². The number of nitrogens with one attached hydrogen (secondary N) is 1. The van der Waals surface area contributed by atoms with Crippen LogP contribution >= 0.6 is 0 Å². The van der Waals surface area contributed by atoms with E-state index in [1.807, 2.05) is 75.4 Å². The summed E-state index contributed by atoms with van der Waals surface area (Å²) >= 11 is 0. The Morgan fingerprint density at radius 3 is 2.50 bits per heavy atom. The van der Waals surface area contributed by atoms with Crippen molar-refractivity contribution in [3.8, 4) is 22.8 Å². The number of likely N-dealkylation sites (tertiary alicyclic amines) is 1. The molecule has 4 amide bonds. The van der Waals surface area contributed by atoms with E-state index < -0.39 is 70.6 Å². The number of amides is 4. The molecule has 13 heteroatoms. The van der Waals surface area contributed by atoms with Crippen molar-refractivity contribution >= 4 is 40.5 Å². The van der Waals surface area contributed by atoms with E-state index >= 15 is 4.79 Å². The van der Waals surface area contributed by atoms with Crippen molar-refractivity contribution in [3.05, 3.63) is 67.3 Å². The Balaban J connectivity index is 1.31. The molecule has 1 saturated carbocycles. The molecule has 6 rings (SSSR count). The van der Waals surface area contributed by atoms with Gasteiger partial charge < -0.3 is 30.2 Å². The normalized spacial score (nSPS) is 23.8. The highest BCUT2D eigenvalue weighted by molar-refractivity contribution is 6.07. The van der Waals surface area contributed by atoms with E-state index in [0.717, 1.165) is 22.3 Å². The quantitative estimate of drug-likeness (QED) is 0.182. The Bertz CT molecular complexity index is 2000. The van der Waals surface area contributed by atoms with Crippen LogP contribution in [-0.4, -0.2) is 94.9 Å². The molecular weight excluding hydrogens is 714 g/mol. The number of aromatic nitrogens is 1. The third-order valence-electron chi connectivity index (χ3n) is 11.3. The maximum atomic E-state index is 15.0. The van der Waals surface area contributed by atoms with Gasteiger partial charge in [0.15, 0.2) is 5.54 Å². The number of rotatable bonds is 13. The second kappa shape index (κ2) is 16.4. The number of esters is 1. The monoisotopic (exact) mass is 767 g/mol. The number of fused-ring (bicyclic) bond motifs is 1. The lowest BCUT2D eigenvalue weighted by molar-refractivity contribution is -0.168. The van der Waals surface area contributed by atoms with Crippen LogP contribution in [0.1, 0.15) is 66.2 Å². The summed E-state index contributed by atoms with van der Waals surface area (Å²) in [4.78, 5) is 77.4. The largest absolute Gasteiger partial charge is 0.497 e. The Kier molecular flexibility index (Phi) is 11.8. The molecule has 0 bridgehead atoms. The molecule has 1 aliphatic carbocycles. The number of imide groups is 1. The van der Waals surface area contributed by atoms with Crippen LogP contribution < -0.4 is 20.5 Å². The van der Waals surface area contributed by atoms with E-state index in [2.05, 4.69) is 11.9 Å². The van der Waals surface area contributed by atoms with Gasteiger partial charge in [0.1, 0.15) is 23.6 Å². The molecule has 0 spiro atoms. The number of pyridine rings is 1. The Labute approximate surface area is 327 Å². The van der Waals surface area contributed by atoms with Crippen molar-refractivity contribution in [3.63, 3.8) is 0 Å². The van der Waals surface area contributed by atoms with Gasteiger partial charge in [0.05, 0.1) is 36.9 Å². The second-order valence-electron chi connectivity index (χ2n) is 16.0. The molecule has 0 radical (unpaired) electrons. The summed E-state index contributed by atoms with van der Waals surface area (Å²) in [6, 6.07) is 15.5. The SMILES string of the molecule is C=CC1CC1(C(=O)OCC)N(C(=O)[C@@H]1C[C@@H](Oc2cc(-c3ccccc3)nc3cc(OC)ccc23)CN1)C(=O)[C@@H](CC(=O)N1CCCCC1C(N)=O)C(C)(C)C. The van der Waals surface area contributed by atoms with Crippen molar-refractivity contribution in [2.24, 2.45) is 23.0 Å². The number of nitrogens with zero attached hydrogens (tertiary/aromatic N) is 3. The summed E-state index contributed by atoms with van der Waals surface area (Å²) in [6.45, 7) is 11.7. The average molecular weight is 768 g/mol. The number of piperidine rings is 1. The summed E-state index contributed by atoms with van der Waals surface area (Å²) in [5.41, 5.74) is 5.51. The molecular formula is C43H53N5O8. The number of nitrogens with two attached hydrogens (primary N) is 1. The molecule has 13 nitrogen and oxygen atoms in total. The Morgan fingerprint density at radius 2 is 1.86 bits per heavy atom. The van der Waals surface area contributed by atoms with Gasteiger partial charge in [-0.15, -0.1) is 6.58 Å². The minimum atomic E-state index is -1.62. The third kappa shape index (κ3) is 8.00. The summed E-state index contributed by atoms with van der Waals surface area (Å²) in [6.07, 6.45) is 3.04. The van der Waals surface area contributed by atoms with Crippen LogP contribution in [0.3, 0.4) is 0 Å². The van der Waals surface area contributed by atoms with Gasteiger partial charge in [-0.2, -0.15) is 0 Å². The van der Waals surface area contributed by atoms with Gasteiger partial charge >= 0.3 is 5.97 Å². The lowest BCUT2D eigenvalue weighted by Gasteiger charge is -2.40. The number of methoxy groups -OCH3 is 1. The van der Waals surface area contributed by atoms with Gasteiger partial charge in [-0.1, -0.05) is 57.2 Å². The number of hydrogen-bond acceptors (Lipinski definition) is 10. The first-order chi connectivity index (χ1) is 26.7. The second-order valence-corrected chi connectivity index (χ2v) is 16.0. The van der Waals surface area contributed by atoms with Crippen LogP contribution in [0.25, 0.3) is 22.2 Å². The van der Waals surface area contributed by atoms with Gasteiger partial charge in [-0.05, 0) is 50.2 Å². The van der Waals surface area contributed by atoms with Crippen LogP contribution in [0.4, 0.5) is 0 Å². The van der Waals surface area contributed by atoms with E-state index in [1.54, 1.807) is 20.1 Å². The molecule has 3 aromatic rings. The highest BCUT2D eigenvalue weighted by Gasteiger charge is 2.68. The fraction of sp³-hybridized carbons (Fsp3) is 0.488. The summed E-state index contributed by atoms with van der Waals surface area (Å²) in [7, 11) is 1.59. The topological polar surface area (TPSA) is 170 Å². The summed E-state index contributed by atoms with van der Waals surface area (Å²) < 4.78 is 17.6. The standard InChI is InChI=1S/C43H53N5O8/c1-7-27-24-43(27,41(53)55-8-2)48(39(51)31(42(3,4)5)22-37(49)47-19-13-12-16-35(47)38(44)50)40(52)34-21-29(25-45-34)56-36-23-32(26-14-10-9-11-15-26)46-33-20-28(54-6)17-18-30(33)36/h7,9-11,14-15,17-18,20,23,27,29,31,34-35,45H,1,8,12-13,16,19,21-22,24-25H2,2-6H3,(H2,44,50)/t27?,29-,31-,34+,35?,43?/m1/s1. The lowest BCUT2D eigenvalue weighted by atomic mass is 9.76. The van der Waals surface area contributed by atoms with Crippen molar-refractivity contribution in [2.75, 3.05) is 26.8 Å². The first-order valence-electron chi connectivity index (χ1n) is 19.4. The highest BCUT2D eigenvalue weighted by atomic mass is 16.5. The van der Waals surface area contributed by atoms with Gasteiger partial charge in [0, 0.05) is 54.9 Å². The number of ether oxygens (including phenoxy) is 3. The van der Waals surface area contributed by atoms with Crippen molar-refractivity contribution in [2.45, 2.75) is 89.9 Å². The van der Waals surface area contributed by atoms with E-state index in [4.69, 9.17) is 24.9 Å². The molecule has 3 fully saturated rings. The molecule has 3 aliphatic rings. The average Bonchev–Trinajstić information content (AvgIpc) is 3.74. The maximum Gasteiger partial charge on any atom is 0.333 e. The highest BCUT2D eigenvalue weighted by Crippen LogP contribution is 2.52. The molecule has 6 atom stereocenters. The van der Waals surface area contributed by atoms with Gasteiger partial charge in [0.2, 0.25) is 23.6 Å². The fourth-order valence-corrected chi connectivity index (χ4v) is 8.11. The molecule has 1 aromatic heterocycles. The molecule has 56 heavy (non-hydrogen) atoms. The van der Waals surface area contributed by atoms with Gasteiger partial charge in [0.25, 0.3) is 0 Å². The molecule has 3 heterocycles. The molecule has 2 aromatic carbocycles. The maximum absolute atomic E-state index is 15.0. The van der Waals surface area contributed by atoms with Gasteiger partial charge in [-0.25, -0.2) is 9.78 Å². The van der Waals surface area contributed by atoms with Crippen LogP contribution in [0.15, 0.2) is 67.3 Å². The van der Waals surface area contributed by atoms with Crippen LogP contribution in [0.5, 0.6) is 11.5 Å². The van der Waals surface area contributed by atoms with Gasteiger partial charge in [-0.3, -0.25) is 24.1 Å². The van der Waals surface area contributed by atoms with E-state index in [1.165, 1.54) is 4.90 Å². The molecule has 3 unspecified atom stereocenters. The summed E-state index contributed by atoms with van der Waals surface area (Å²) in [5, 5.41) is 4.02. The number of benzene rings is 2. The molecule has 2 saturated heterocycles. The van der Waals surface area contributed by atoms with E-state index in [9.17, 15) is 19.2 Å². The first kappa shape index (κ1) is 40.4. The Morgan fingerprint density at radius 1 is 1.11 bits per heavy atom. The van der Waals surface area contributed by atoms with Crippen molar-refractivity contribution in [1.29, 1.82) is 0 Å². The third-order valence-corrected chi connectivity index (χ3v) is 11.3. The number of hydrogen-bond donors (Lipinski definition) is 2. The Hall–Kier alpha value is -5.30. The number of carbonyl (C=O) groups excluding carboxylic acids is 5. The smallest absolute Gasteiger partial charge is 0.333 e. The van der Waals surface area contributed by atoms with Crippen LogP contribution in [-0.2, 0) is 28.7 Å².